The molecule has 0 N–H and O–H groups in total. The van der Waals surface area contributed by atoms with Crippen molar-refractivity contribution in [3.05, 3.63) is 23.1 Å². The first kappa shape index (κ1) is 13.1. The van der Waals surface area contributed by atoms with Crippen molar-refractivity contribution in [2.75, 3.05) is 0 Å². The Bertz CT molecular complexity index is 601. The molecule has 0 atom stereocenters. The second-order valence-corrected chi connectivity index (χ2v) is 5.00. The zero-order valence-corrected chi connectivity index (χ0v) is 10.8. The number of rotatable bonds is 1. The van der Waals surface area contributed by atoms with Gasteiger partial charge in [0.2, 0.25) is 0 Å². The van der Waals surface area contributed by atoms with E-state index in [1.807, 2.05) is 0 Å². The molecule has 0 saturated heterocycles. The monoisotopic (exact) mass is 277 g/mol. The molecular formula is C11H11ClF3N3. The summed E-state index contributed by atoms with van der Waals surface area (Å²) in [7, 11) is 1.52. The summed E-state index contributed by atoms with van der Waals surface area (Å²) in [5.74, 6) is 0. The summed E-state index contributed by atoms with van der Waals surface area (Å²) >= 11 is 5.69. The fourth-order valence-corrected chi connectivity index (χ4v) is 1.93. The number of hydrogen-bond donors (Lipinski definition) is 0. The average Bonchev–Trinajstić information content (AvgIpc) is 2.55. The summed E-state index contributed by atoms with van der Waals surface area (Å²) in [5, 5.41) is 0.153. The predicted molar refractivity (Wildman–Crippen MR) is 62.6 cm³/mol. The highest BCUT2D eigenvalue weighted by atomic mass is 35.5. The van der Waals surface area contributed by atoms with E-state index >= 15 is 0 Å². The molecule has 2 heterocycles. The minimum Gasteiger partial charge on any atom is -0.330 e. The molecule has 3 nitrogen and oxygen atoms in total. The fraction of sp³-hybridized carbons (Fsp3) is 0.455. The van der Waals surface area contributed by atoms with Gasteiger partial charge in [-0.25, -0.2) is 9.97 Å². The molecule has 0 spiro atoms. The molecule has 0 bridgehead atoms. The van der Waals surface area contributed by atoms with Crippen molar-refractivity contribution in [2.24, 2.45) is 7.05 Å². The number of fused-ring (bicyclic) bond motifs is 1. The Kier molecular flexibility index (Phi) is 2.81. The van der Waals surface area contributed by atoms with Gasteiger partial charge >= 0.3 is 6.18 Å². The predicted octanol–water partition coefficient (Wildman–Crippen LogP) is 3.46. The van der Waals surface area contributed by atoms with E-state index in [1.54, 1.807) is 0 Å². The van der Waals surface area contributed by atoms with Crippen LogP contribution in [0.5, 0.6) is 0 Å². The van der Waals surface area contributed by atoms with Crippen molar-refractivity contribution in [3.8, 4) is 0 Å². The topological polar surface area (TPSA) is 30.7 Å². The first-order valence-corrected chi connectivity index (χ1v) is 5.57. The van der Waals surface area contributed by atoms with Crippen LogP contribution in [0.15, 0.2) is 12.3 Å². The smallest absolute Gasteiger partial charge is 0.330 e. The first-order chi connectivity index (χ1) is 8.14. The van der Waals surface area contributed by atoms with Gasteiger partial charge in [0.25, 0.3) is 0 Å². The third-order valence-corrected chi connectivity index (χ3v) is 3.24. The third kappa shape index (κ3) is 1.84. The van der Waals surface area contributed by atoms with Crippen molar-refractivity contribution >= 4 is 22.8 Å². The molecule has 18 heavy (non-hydrogen) atoms. The fourth-order valence-electron chi connectivity index (χ4n) is 1.80. The van der Waals surface area contributed by atoms with Crippen molar-refractivity contribution in [1.29, 1.82) is 0 Å². The zero-order chi connectivity index (χ0) is 13.7. The molecular weight excluding hydrogens is 267 g/mol. The lowest BCUT2D eigenvalue weighted by molar-refractivity contribution is -0.181. The summed E-state index contributed by atoms with van der Waals surface area (Å²) in [6.45, 7) is 2.26. The summed E-state index contributed by atoms with van der Waals surface area (Å²) in [5.41, 5.74) is -1.13. The minimum atomic E-state index is -4.35. The molecule has 0 fully saturated rings. The summed E-state index contributed by atoms with van der Waals surface area (Å²) in [6, 6.07) is 1.39. The van der Waals surface area contributed by atoms with Crippen LogP contribution >= 0.6 is 11.6 Å². The Balaban J connectivity index is 2.70. The number of alkyl halides is 3. The van der Waals surface area contributed by atoms with Gasteiger partial charge < -0.3 is 4.57 Å². The quantitative estimate of drug-likeness (QED) is 0.799. The molecule has 0 aromatic carbocycles. The van der Waals surface area contributed by atoms with Gasteiger partial charge in [-0.05, 0) is 19.9 Å². The highest BCUT2D eigenvalue weighted by Crippen LogP contribution is 2.41. The van der Waals surface area contributed by atoms with Crippen LogP contribution in [0.3, 0.4) is 0 Å². The Labute approximate surface area is 107 Å². The highest BCUT2D eigenvalue weighted by Gasteiger charge is 2.50. The Hall–Kier alpha value is -1.30. The van der Waals surface area contributed by atoms with Crippen LogP contribution in [0.2, 0.25) is 5.15 Å². The maximum Gasteiger partial charge on any atom is 0.399 e. The number of aryl methyl sites for hydroxylation is 1. The van der Waals surface area contributed by atoms with Crippen LogP contribution in [-0.4, -0.2) is 20.7 Å². The summed E-state index contributed by atoms with van der Waals surface area (Å²) < 4.78 is 40.5. The molecule has 2 rings (SSSR count). The van der Waals surface area contributed by atoms with Crippen LogP contribution in [-0.2, 0) is 12.5 Å². The van der Waals surface area contributed by atoms with Crippen molar-refractivity contribution in [2.45, 2.75) is 25.4 Å². The Morgan fingerprint density at radius 3 is 2.44 bits per heavy atom. The molecule has 0 aliphatic rings. The van der Waals surface area contributed by atoms with E-state index in [0.717, 1.165) is 13.8 Å². The Morgan fingerprint density at radius 1 is 1.28 bits per heavy atom. The van der Waals surface area contributed by atoms with Gasteiger partial charge in [0.1, 0.15) is 16.1 Å². The van der Waals surface area contributed by atoms with E-state index < -0.39 is 11.6 Å². The summed E-state index contributed by atoms with van der Waals surface area (Å²) in [6.07, 6.45) is -3.03. The lowest BCUT2D eigenvalue weighted by Crippen LogP contribution is -2.37. The van der Waals surface area contributed by atoms with Gasteiger partial charge in [-0.3, -0.25) is 0 Å². The zero-order valence-electron chi connectivity index (χ0n) is 10.0. The largest absolute Gasteiger partial charge is 0.399 e. The van der Waals surface area contributed by atoms with Gasteiger partial charge in [-0.1, -0.05) is 11.6 Å². The van der Waals surface area contributed by atoms with Gasteiger partial charge in [0.05, 0.1) is 6.20 Å². The van der Waals surface area contributed by atoms with E-state index in [-0.39, 0.29) is 10.8 Å². The molecule has 0 saturated carbocycles. The molecule has 0 aliphatic heterocycles. The number of aromatic nitrogens is 3. The van der Waals surface area contributed by atoms with Gasteiger partial charge in [-0.15, -0.1) is 0 Å². The number of nitrogens with zero attached hydrogens (tertiary/aromatic N) is 3. The number of halogens is 4. The average molecular weight is 278 g/mol. The Morgan fingerprint density at radius 2 is 1.89 bits per heavy atom. The maximum absolute atomic E-state index is 13.0. The van der Waals surface area contributed by atoms with Gasteiger partial charge in [0, 0.05) is 12.7 Å². The van der Waals surface area contributed by atoms with Crippen LogP contribution in [0, 0.1) is 0 Å². The second kappa shape index (κ2) is 3.85. The summed E-state index contributed by atoms with van der Waals surface area (Å²) in [4.78, 5) is 7.97. The van der Waals surface area contributed by atoms with Gasteiger partial charge in [-0.2, -0.15) is 13.2 Å². The third-order valence-electron chi connectivity index (χ3n) is 3.05. The molecule has 2 aromatic heterocycles. The van der Waals surface area contributed by atoms with Crippen molar-refractivity contribution in [3.63, 3.8) is 0 Å². The molecule has 2 aromatic rings. The standard InChI is InChI=1S/C11H11ClF3N3/c1-10(2,11(13,14)15)7-4-6-9(18(7)3)17-8(12)5-16-6/h4-5H,1-3H3. The number of hydrogen-bond acceptors (Lipinski definition) is 2. The molecule has 7 heteroatoms. The van der Waals surface area contributed by atoms with Crippen molar-refractivity contribution < 1.29 is 13.2 Å². The van der Waals surface area contributed by atoms with E-state index in [0.29, 0.717) is 11.2 Å². The van der Waals surface area contributed by atoms with E-state index in [4.69, 9.17) is 11.6 Å². The molecule has 0 radical (unpaired) electrons. The maximum atomic E-state index is 13.0. The van der Waals surface area contributed by atoms with Crippen LogP contribution in [0.4, 0.5) is 13.2 Å². The van der Waals surface area contributed by atoms with E-state index in [2.05, 4.69) is 9.97 Å². The van der Waals surface area contributed by atoms with Crippen molar-refractivity contribution in [1.82, 2.24) is 14.5 Å². The molecule has 0 amide bonds. The highest BCUT2D eigenvalue weighted by molar-refractivity contribution is 6.29. The SMILES string of the molecule is Cn1c(C(C)(C)C(F)(F)F)cc2ncc(Cl)nc21. The van der Waals surface area contributed by atoms with Crippen LogP contribution in [0.1, 0.15) is 19.5 Å². The lowest BCUT2D eigenvalue weighted by atomic mass is 9.88. The van der Waals surface area contributed by atoms with Crippen LogP contribution in [0.25, 0.3) is 11.2 Å². The molecule has 0 unspecified atom stereocenters. The second-order valence-electron chi connectivity index (χ2n) is 4.61. The minimum absolute atomic E-state index is 0.104. The van der Waals surface area contributed by atoms with Gasteiger partial charge in [0.15, 0.2) is 5.65 Å². The molecule has 98 valence electrons. The van der Waals surface area contributed by atoms with Crippen LogP contribution < -0.4 is 0 Å². The van der Waals surface area contributed by atoms with E-state index in [1.165, 1.54) is 23.9 Å². The first-order valence-electron chi connectivity index (χ1n) is 5.20. The normalized spacial score (nSPS) is 13.3. The lowest BCUT2D eigenvalue weighted by Gasteiger charge is -2.28. The van der Waals surface area contributed by atoms with E-state index in [9.17, 15) is 13.2 Å². The molecule has 0 aliphatic carbocycles.